The Morgan fingerprint density at radius 3 is 2.38 bits per heavy atom. The molecule has 0 radical (unpaired) electrons. The van der Waals surface area contributed by atoms with Crippen molar-refractivity contribution in [2.75, 3.05) is 6.54 Å². The zero-order chi connectivity index (χ0) is 14.7. The highest BCUT2D eigenvalue weighted by Gasteiger charge is 2.27. The average Bonchev–Trinajstić information content (AvgIpc) is 2.99. The van der Waals surface area contributed by atoms with Gasteiger partial charge in [0.05, 0.1) is 6.04 Å². The van der Waals surface area contributed by atoms with E-state index in [0.717, 1.165) is 30.9 Å². The van der Waals surface area contributed by atoms with E-state index in [-0.39, 0.29) is 11.9 Å². The molecule has 3 nitrogen and oxygen atoms in total. The lowest BCUT2D eigenvalue weighted by atomic mass is 10.0. The lowest BCUT2D eigenvalue weighted by molar-refractivity contribution is -0.129. The van der Waals surface area contributed by atoms with E-state index in [1.165, 1.54) is 5.56 Å². The molecule has 1 amide bonds. The van der Waals surface area contributed by atoms with Crippen LogP contribution in [0.1, 0.15) is 31.4 Å². The summed E-state index contributed by atoms with van der Waals surface area (Å²) in [7, 11) is 0. The van der Waals surface area contributed by atoms with Crippen molar-refractivity contribution in [3.8, 4) is 11.5 Å². The van der Waals surface area contributed by atoms with E-state index in [1.807, 2.05) is 47.4 Å². The van der Waals surface area contributed by atoms with E-state index in [9.17, 15) is 4.79 Å². The number of benzene rings is 2. The maximum absolute atomic E-state index is 11.6. The second-order valence-electron chi connectivity index (χ2n) is 5.35. The normalized spacial score (nSPS) is 17.8. The Balaban J connectivity index is 1.73. The minimum absolute atomic E-state index is 0.155. The smallest absolute Gasteiger partial charge is 0.219 e. The van der Waals surface area contributed by atoms with E-state index < -0.39 is 0 Å². The van der Waals surface area contributed by atoms with Gasteiger partial charge in [-0.15, -0.1) is 0 Å². The predicted octanol–water partition coefficient (Wildman–Crippen LogP) is 4.16. The largest absolute Gasteiger partial charge is 0.457 e. The summed E-state index contributed by atoms with van der Waals surface area (Å²) in [5.41, 5.74) is 1.18. The first-order valence-electron chi connectivity index (χ1n) is 7.34. The van der Waals surface area contributed by atoms with E-state index >= 15 is 0 Å². The average molecular weight is 281 g/mol. The minimum Gasteiger partial charge on any atom is -0.457 e. The molecule has 108 valence electrons. The maximum Gasteiger partial charge on any atom is 0.219 e. The van der Waals surface area contributed by atoms with Crippen LogP contribution < -0.4 is 4.74 Å². The number of carbonyl (C=O) groups excluding carboxylic acids is 1. The Bertz CT molecular complexity index is 607. The van der Waals surface area contributed by atoms with Crippen LogP contribution in [-0.2, 0) is 4.79 Å². The van der Waals surface area contributed by atoms with Crippen molar-refractivity contribution in [3.05, 3.63) is 60.2 Å². The van der Waals surface area contributed by atoms with E-state index in [1.54, 1.807) is 6.92 Å². The number of nitrogens with zero attached hydrogens (tertiary/aromatic N) is 1. The fraction of sp³-hybridized carbons (Fsp3) is 0.278. The Kier molecular flexibility index (Phi) is 3.91. The van der Waals surface area contributed by atoms with Gasteiger partial charge >= 0.3 is 0 Å². The molecule has 2 aromatic rings. The number of likely N-dealkylation sites (tertiary alicyclic amines) is 1. The third kappa shape index (κ3) is 3.07. The van der Waals surface area contributed by atoms with Gasteiger partial charge in [-0.05, 0) is 42.7 Å². The van der Waals surface area contributed by atoms with Crippen LogP contribution in [0, 0.1) is 0 Å². The second kappa shape index (κ2) is 6.00. The summed E-state index contributed by atoms with van der Waals surface area (Å²) >= 11 is 0. The van der Waals surface area contributed by atoms with Crippen LogP contribution >= 0.6 is 0 Å². The predicted molar refractivity (Wildman–Crippen MR) is 82.3 cm³/mol. The third-order valence-electron chi connectivity index (χ3n) is 3.90. The van der Waals surface area contributed by atoms with Crippen LogP contribution in [0.3, 0.4) is 0 Å². The zero-order valence-corrected chi connectivity index (χ0v) is 12.2. The highest BCUT2D eigenvalue weighted by Crippen LogP contribution is 2.33. The molecule has 1 heterocycles. The molecule has 1 atom stereocenters. The molecule has 1 saturated heterocycles. The summed E-state index contributed by atoms with van der Waals surface area (Å²) < 4.78 is 5.79. The summed E-state index contributed by atoms with van der Waals surface area (Å²) in [6.07, 6.45) is 2.12. The molecule has 0 bridgehead atoms. The summed E-state index contributed by atoms with van der Waals surface area (Å²) in [6.45, 7) is 2.51. The number of rotatable bonds is 3. The number of hydrogen-bond donors (Lipinski definition) is 0. The number of para-hydroxylation sites is 1. The van der Waals surface area contributed by atoms with Gasteiger partial charge in [-0.25, -0.2) is 0 Å². The maximum atomic E-state index is 11.6. The first kappa shape index (κ1) is 13.7. The van der Waals surface area contributed by atoms with Crippen molar-refractivity contribution in [1.29, 1.82) is 0 Å². The van der Waals surface area contributed by atoms with Gasteiger partial charge in [-0.2, -0.15) is 0 Å². The fourth-order valence-electron chi connectivity index (χ4n) is 2.87. The summed E-state index contributed by atoms with van der Waals surface area (Å²) in [4.78, 5) is 13.6. The number of carbonyl (C=O) groups is 1. The molecule has 0 aliphatic carbocycles. The Morgan fingerprint density at radius 2 is 1.71 bits per heavy atom. The van der Waals surface area contributed by atoms with Crippen molar-refractivity contribution in [3.63, 3.8) is 0 Å². The third-order valence-corrected chi connectivity index (χ3v) is 3.90. The number of hydrogen-bond acceptors (Lipinski definition) is 2. The highest BCUT2D eigenvalue weighted by atomic mass is 16.5. The molecule has 3 heteroatoms. The summed E-state index contributed by atoms with van der Waals surface area (Å²) in [5, 5.41) is 0. The van der Waals surface area contributed by atoms with Crippen LogP contribution in [0.2, 0.25) is 0 Å². The van der Waals surface area contributed by atoms with E-state index in [0.29, 0.717) is 0 Å². The van der Waals surface area contributed by atoms with Crippen LogP contribution in [0.5, 0.6) is 11.5 Å². The van der Waals surface area contributed by atoms with Gasteiger partial charge in [0.25, 0.3) is 0 Å². The van der Waals surface area contributed by atoms with Crippen molar-refractivity contribution in [2.24, 2.45) is 0 Å². The van der Waals surface area contributed by atoms with Crippen LogP contribution in [0.25, 0.3) is 0 Å². The molecule has 0 saturated carbocycles. The molecule has 0 N–H and O–H groups in total. The topological polar surface area (TPSA) is 29.5 Å². The van der Waals surface area contributed by atoms with Crippen LogP contribution in [0.15, 0.2) is 54.6 Å². The SMILES string of the molecule is CC(=O)N1CCCC1c1ccc(Oc2ccccc2)cc1. The molecule has 1 unspecified atom stereocenters. The Hall–Kier alpha value is -2.29. The van der Waals surface area contributed by atoms with Gasteiger partial charge in [0.2, 0.25) is 5.91 Å². The van der Waals surface area contributed by atoms with E-state index in [2.05, 4.69) is 12.1 Å². The lowest BCUT2D eigenvalue weighted by Crippen LogP contribution is -2.27. The quantitative estimate of drug-likeness (QED) is 0.845. The van der Waals surface area contributed by atoms with Crippen molar-refractivity contribution >= 4 is 5.91 Å². The Morgan fingerprint density at radius 1 is 1.05 bits per heavy atom. The van der Waals surface area contributed by atoms with Gasteiger partial charge in [0.15, 0.2) is 0 Å². The first-order chi connectivity index (χ1) is 10.2. The zero-order valence-electron chi connectivity index (χ0n) is 12.2. The van der Waals surface area contributed by atoms with Crippen molar-refractivity contribution in [1.82, 2.24) is 4.90 Å². The number of ether oxygens (including phenoxy) is 1. The molecule has 1 fully saturated rings. The monoisotopic (exact) mass is 281 g/mol. The lowest BCUT2D eigenvalue weighted by Gasteiger charge is -2.23. The molecule has 1 aliphatic heterocycles. The van der Waals surface area contributed by atoms with Crippen molar-refractivity contribution < 1.29 is 9.53 Å². The van der Waals surface area contributed by atoms with Gasteiger partial charge in [0.1, 0.15) is 11.5 Å². The highest BCUT2D eigenvalue weighted by molar-refractivity contribution is 5.74. The molecule has 2 aromatic carbocycles. The van der Waals surface area contributed by atoms with Crippen LogP contribution in [0.4, 0.5) is 0 Å². The number of amides is 1. The van der Waals surface area contributed by atoms with E-state index in [4.69, 9.17) is 4.74 Å². The van der Waals surface area contributed by atoms with Crippen LogP contribution in [-0.4, -0.2) is 17.4 Å². The molecule has 0 aromatic heterocycles. The fourth-order valence-corrected chi connectivity index (χ4v) is 2.87. The molecule has 3 rings (SSSR count). The van der Waals surface area contributed by atoms with Gasteiger partial charge in [-0.1, -0.05) is 30.3 Å². The Labute approximate surface area is 125 Å². The molecule has 21 heavy (non-hydrogen) atoms. The summed E-state index contributed by atoms with van der Waals surface area (Å²) in [6, 6.07) is 18.0. The summed E-state index contributed by atoms with van der Waals surface area (Å²) in [5.74, 6) is 1.80. The molecule has 0 spiro atoms. The molecule has 1 aliphatic rings. The molecular weight excluding hydrogens is 262 g/mol. The van der Waals surface area contributed by atoms with Gasteiger partial charge in [0, 0.05) is 13.5 Å². The minimum atomic E-state index is 0.155. The standard InChI is InChI=1S/C18H19NO2/c1-14(20)19-13-5-8-18(19)15-9-11-17(12-10-15)21-16-6-3-2-4-7-16/h2-4,6-7,9-12,18H,5,8,13H2,1H3. The van der Waals surface area contributed by atoms with Gasteiger partial charge in [-0.3, -0.25) is 4.79 Å². The molecular formula is C18H19NO2. The first-order valence-corrected chi connectivity index (χ1v) is 7.34. The second-order valence-corrected chi connectivity index (χ2v) is 5.35. The van der Waals surface area contributed by atoms with Gasteiger partial charge < -0.3 is 9.64 Å². The van der Waals surface area contributed by atoms with Crippen molar-refractivity contribution in [2.45, 2.75) is 25.8 Å².